The summed E-state index contributed by atoms with van der Waals surface area (Å²) in [7, 11) is -3.48. The average Bonchev–Trinajstić information content (AvgIpc) is 2.77. The molecule has 1 amide bonds. The molecule has 2 N–H and O–H groups in total. The minimum atomic E-state index is -3.48. The fourth-order valence-corrected chi connectivity index (χ4v) is 5.07. The van der Waals surface area contributed by atoms with Crippen molar-refractivity contribution in [2.24, 2.45) is 11.8 Å². The Kier molecular flexibility index (Phi) is 7.67. The Labute approximate surface area is 180 Å². The summed E-state index contributed by atoms with van der Waals surface area (Å²) < 4.78 is 27.6. The van der Waals surface area contributed by atoms with Crippen LogP contribution in [-0.4, -0.2) is 27.4 Å². The Hall–Kier alpha value is -2.18. The summed E-state index contributed by atoms with van der Waals surface area (Å²) in [5, 5.41) is 3.10. The number of nitrogens with one attached hydrogen (secondary N) is 2. The third-order valence-corrected chi connectivity index (χ3v) is 7.50. The average molecular weight is 429 g/mol. The number of hydrogen-bond donors (Lipinski definition) is 2. The van der Waals surface area contributed by atoms with Gasteiger partial charge in [-0.1, -0.05) is 55.0 Å². The van der Waals surface area contributed by atoms with Crippen LogP contribution in [0.2, 0.25) is 0 Å². The van der Waals surface area contributed by atoms with Crippen molar-refractivity contribution in [2.45, 2.75) is 50.3 Å². The van der Waals surface area contributed by atoms with Crippen molar-refractivity contribution in [3.05, 3.63) is 65.7 Å². The smallest absolute Gasteiger partial charge is 0.240 e. The van der Waals surface area contributed by atoms with Gasteiger partial charge < -0.3 is 5.32 Å². The molecule has 0 radical (unpaired) electrons. The van der Waals surface area contributed by atoms with E-state index in [1.165, 1.54) is 5.56 Å². The van der Waals surface area contributed by atoms with E-state index in [2.05, 4.69) is 29.1 Å². The van der Waals surface area contributed by atoms with Crippen molar-refractivity contribution >= 4 is 15.9 Å². The zero-order valence-corrected chi connectivity index (χ0v) is 18.6. The van der Waals surface area contributed by atoms with Gasteiger partial charge in [-0.25, -0.2) is 13.1 Å². The van der Waals surface area contributed by atoms with Crippen LogP contribution >= 0.6 is 0 Å². The zero-order chi connectivity index (χ0) is 21.6. The van der Waals surface area contributed by atoms with Gasteiger partial charge in [-0.3, -0.25) is 4.79 Å². The predicted molar refractivity (Wildman–Crippen MR) is 120 cm³/mol. The first-order chi connectivity index (χ1) is 14.3. The predicted octanol–water partition coefficient (Wildman–Crippen LogP) is 4.00. The Balaban J connectivity index is 1.41. The number of carbonyl (C=O) groups excluding carboxylic acids is 1. The van der Waals surface area contributed by atoms with Gasteiger partial charge in [0, 0.05) is 19.0 Å². The molecule has 0 bridgehead atoms. The van der Waals surface area contributed by atoms with Crippen LogP contribution in [0.15, 0.2) is 59.5 Å². The van der Waals surface area contributed by atoms with E-state index in [0.717, 1.165) is 31.2 Å². The fraction of sp³-hybridized carbons (Fsp3) is 0.458. The van der Waals surface area contributed by atoms with Gasteiger partial charge in [-0.15, -0.1) is 0 Å². The Morgan fingerprint density at radius 1 is 1.00 bits per heavy atom. The molecule has 0 heterocycles. The summed E-state index contributed by atoms with van der Waals surface area (Å²) in [5.41, 5.74) is 2.26. The number of carbonyl (C=O) groups is 1. The van der Waals surface area contributed by atoms with Crippen molar-refractivity contribution in [3.63, 3.8) is 0 Å². The molecule has 1 atom stereocenters. The molecule has 5 nitrogen and oxygen atoms in total. The quantitative estimate of drug-likeness (QED) is 0.667. The maximum Gasteiger partial charge on any atom is 0.240 e. The molecule has 0 aromatic heterocycles. The van der Waals surface area contributed by atoms with Crippen LogP contribution in [-0.2, 0) is 14.8 Å². The first kappa shape index (κ1) is 22.5. The van der Waals surface area contributed by atoms with Gasteiger partial charge in [-0.2, -0.15) is 0 Å². The number of sulfonamides is 1. The number of aryl methyl sites for hydroxylation is 1. The Morgan fingerprint density at radius 2 is 1.63 bits per heavy atom. The molecule has 0 unspecified atom stereocenters. The zero-order valence-electron chi connectivity index (χ0n) is 17.8. The topological polar surface area (TPSA) is 75.3 Å². The highest BCUT2D eigenvalue weighted by molar-refractivity contribution is 7.89. The van der Waals surface area contributed by atoms with Crippen LogP contribution < -0.4 is 10.0 Å². The van der Waals surface area contributed by atoms with Crippen molar-refractivity contribution in [2.75, 3.05) is 13.1 Å². The number of rotatable bonds is 8. The standard InChI is InChI=1S/C24H32N2O3S/c1-18-8-14-23(15-9-18)30(28,29)26-17-20-10-12-22(13-11-20)24(27)25-16-19(2)21-6-4-3-5-7-21/h3-9,14-15,19-20,22,26H,10-13,16-17H2,1-2H3,(H,25,27)/t19-,20?,22?/m0/s1. The van der Waals surface area contributed by atoms with E-state index in [1.807, 2.05) is 25.1 Å². The summed E-state index contributed by atoms with van der Waals surface area (Å²) in [6, 6.07) is 17.1. The summed E-state index contributed by atoms with van der Waals surface area (Å²) in [6.07, 6.45) is 3.34. The lowest BCUT2D eigenvalue weighted by molar-refractivity contribution is -0.126. The van der Waals surface area contributed by atoms with E-state index in [-0.39, 0.29) is 23.7 Å². The third kappa shape index (κ3) is 6.16. The van der Waals surface area contributed by atoms with E-state index in [9.17, 15) is 13.2 Å². The summed E-state index contributed by atoms with van der Waals surface area (Å²) >= 11 is 0. The molecule has 2 aromatic carbocycles. The van der Waals surface area contributed by atoms with Crippen LogP contribution in [0, 0.1) is 18.8 Å². The number of amides is 1. The SMILES string of the molecule is Cc1ccc(S(=O)(=O)NCC2CCC(C(=O)NC[C@H](C)c3ccccc3)CC2)cc1. The highest BCUT2D eigenvalue weighted by atomic mass is 32.2. The second-order valence-corrected chi connectivity index (χ2v) is 10.2. The molecule has 162 valence electrons. The second-order valence-electron chi connectivity index (χ2n) is 8.44. The minimum Gasteiger partial charge on any atom is -0.355 e. The summed E-state index contributed by atoms with van der Waals surface area (Å²) in [5.74, 6) is 0.703. The van der Waals surface area contributed by atoms with Crippen LogP contribution in [0.3, 0.4) is 0 Å². The maximum absolute atomic E-state index is 12.5. The lowest BCUT2D eigenvalue weighted by Crippen LogP contribution is -2.37. The van der Waals surface area contributed by atoms with Crippen molar-refractivity contribution in [1.82, 2.24) is 10.0 Å². The van der Waals surface area contributed by atoms with Crippen LogP contribution in [0.4, 0.5) is 0 Å². The molecule has 1 fully saturated rings. The van der Waals surface area contributed by atoms with Crippen LogP contribution in [0.5, 0.6) is 0 Å². The van der Waals surface area contributed by atoms with Gasteiger partial charge in [0.05, 0.1) is 4.90 Å². The summed E-state index contributed by atoms with van der Waals surface area (Å²) in [4.78, 5) is 12.8. The van der Waals surface area contributed by atoms with Gasteiger partial charge in [-0.05, 0) is 62.1 Å². The van der Waals surface area contributed by atoms with E-state index < -0.39 is 10.0 Å². The number of hydrogen-bond acceptors (Lipinski definition) is 3. The molecular weight excluding hydrogens is 396 g/mol. The highest BCUT2D eigenvalue weighted by Crippen LogP contribution is 2.29. The maximum atomic E-state index is 12.5. The van der Waals surface area contributed by atoms with E-state index in [1.54, 1.807) is 24.3 Å². The largest absolute Gasteiger partial charge is 0.355 e. The van der Waals surface area contributed by atoms with Gasteiger partial charge in [0.15, 0.2) is 0 Å². The van der Waals surface area contributed by atoms with E-state index in [0.29, 0.717) is 18.0 Å². The first-order valence-electron chi connectivity index (χ1n) is 10.7. The van der Waals surface area contributed by atoms with Gasteiger partial charge in [0.2, 0.25) is 15.9 Å². The molecule has 0 saturated heterocycles. The monoisotopic (exact) mass is 428 g/mol. The van der Waals surface area contributed by atoms with Gasteiger partial charge in [0.25, 0.3) is 0 Å². The molecule has 1 aliphatic carbocycles. The van der Waals surface area contributed by atoms with Gasteiger partial charge in [0.1, 0.15) is 0 Å². The fourth-order valence-electron chi connectivity index (χ4n) is 3.95. The Bertz CT molecular complexity index is 919. The molecule has 0 spiro atoms. The molecule has 2 aromatic rings. The van der Waals surface area contributed by atoms with Crippen molar-refractivity contribution < 1.29 is 13.2 Å². The first-order valence-corrected chi connectivity index (χ1v) is 12.2. The van der Waals surface area contributed by atoms with Crippen molar-refractivity contribution in [1.29, 1.82) is 0 Å². The summed E-state index contributed by atoms with van der Waals surface area (Å²) in [6.45, 7) is 5.11. The normalized spacial score (nSPS) is 20.5. The molecule has 1 saturated carbocycles. The lowest BCUT2D eigenvalue weighted by Gasteiger charge is -2.28. The Morgan fingerprint density at radius 3 is 2.27 bits per heavy atom. The van der Waals surface area contributed by atoms with Gasteiger partial charge >= 0.3 is 0 Å². The molecule has 30 heavy (non-hydrogen) atoms. The minimum absolute atomic E-state index is 0.0259. The highest BCUT2D eigenvalue weighted by Gasteiger charge is 2.27. The second kappa shape index (κ2) is 10.2. The molecule has 1 aliphatic rings. The van der Waals surface area contributed by atoms with E-state index >= 15 is 0 Å². The lowest BCUT2D eigenvalue weighted by atomic mass is 9.81. The van der Waals surface area contributed by atoms with Crippen LogP contribution in [0.1, 0.15) is 49.7 Å². The molecule has 3 rings (SSSR count). The molecular formula is C24H32N2O3S. The third-order valence-electron chi connectivity index (χ3n) is 6.06. The molecule has 0 aliphatic heterocycles. The van der Waals surface area contributed by atoms with Crippen molar-refractivity contribution in [3.8, 4) is 0 Å². The number of benzene rings is 2. The van der Waals surface area contributed by atoms with Crippen LogP contribution in [0.25, 0.3) is 0 Å². The molecule has 6 heteroatoms. The van der Waals surface area contributed by atoms with E-state index in [4.69, 9.17) is 0 Å².